The Morgan fingerprint density at radius 3 is 2.72 bits per heavy atom. The van der Waals surface area contributed by atoms with Crippen LogP contribution in [0.5, 0.6) is 0 Å². The fourth-order valence-electron chi connectivity index (χ4n) is 2.62. The lowest BCUT2D eigenvalue weighted by Crippen LogP contribution is -2.38. The number of anilines is 1. The molecule has 98 valence electrons. The molecule has 0 unspecified atom stereocenters. The predicted molar refractivity (Wildman–Crippen MR) is 76.2 cm³/mol. The molecule has 2 rings (SSSR count). The van der Waals surface area contributed by atoms with Crippen LogP contribution in [0.25, 0.3) is 0 Å². The second kappa shape index (κ2) is 5.26. The number of hydrogen-bond donors (Lipinski definition) is 0. The smallest absolute Gasteiger partial charge is 0.270 e. The predicted octanol–water partition coefficient (Wildman–Crippen LogP) is 4.04. The van der Waals surface area contributed by atoms with Crippen LogP contribution in [-0.2, 0) is 0 Å². The van der Waals surface area contributed by atoms with E-state index in [1.807, 2.05) is 6.92 Å². The monoisotopic (exact) mass is 312 g/mol. The van der Waals surface area contributed by atoms with E-state index in [-0.39, 0.29) is 10.6 Å². The minimum atomic E-state index is -0.346. The number of benzene rings is 1. The number of piperidine rings is 1. The average molecular weight is 313 g/mol. The third-order valence-corrected chi connectivity index (χ3v) is 4.14. The quantitative estimate of drug-likeness (QED) is 0.611. The topological polar surface area (TPSA) is 46.4 Å². The summed E-state index contributed by atoms with van der Waals surface area (Å²) >= 11 is 3.48. The van der Waals surface area contributed by atoms with E-state index in [0.29, 0.717) is 6.04 Å². The lowest BCUT2D eigenvalue weighted by molar-refractivity contribution is -0.385. The first-order valence-corrected chi connectivity index (χ1v) is 7.01. The third kappa shape index (κ3) is 2.51. The van der Waals surface area contributed by atoms with Crippen LogP contribution < -0.4 is 4.90 Å². The van der Waals surface area contributed by atoms with Crippen LogP contribution >= 0.6 is 15.9 Å². The molecule has 0 aromatic heterocycles. The first-order valence-electron chi connectivity index (χ1n) is 6.22. The summed E-state index contributed by atoms with van der Waals surface area (Å²) in [5.41, 5.74) is 2.21. The normalized spacial score (nSPS) is 19.9. The van der Waals surface area contributed by atoms with Crippen LogP contribution in [0.2, 0.25) is 0 Å². The lowest BCUT2D eigenvalue weighted by Gasteiger charge is -2.37. The summed E-state index contributed by atoms with van der Waals surface area (Å²) in [4.78, 5) is 12.8. The Morgan fingerprint density at radius 1 is 1.44 bits per heavy atom. The summed E-state index contributed by atoms with van der Waals surface area (Å²) in [5.74, 6) is 0. The van der Waals surface area contributed by atoms with Crippen LogP contribution in [0, 0.1) is 17.0 Å². The molecule has 1 aliphatic rings. The third-order valence-electron chi connectivity index (χ3n) is 3.54. The number of nitro benzene ring substituents is 1. The highest BCUT2D eigenvalue weighted by atomic mass is 79.9. The van der Waals surface area contributed by atoms with Gasteiger partial charge in [-0.1, -0.05) is 0 Å². The maximum Gasteiger partial charge on any atom is 0.270 e. The van der Waals surface area contributed by atoms with Gasteiger partial charge < -0.3 is 4.90 Å². The Bertz CT molecular complexity index is 453. The molecule has 1 fully saturated rings. The number of nitro groups is 1. The Kier molecular flexibility index (Phi) is 3.90. The number of hydrogen-bond acceptors (Lipinski definition) is 3. The molecule has 1 saturated heterocycles. The minimum Gasteiger partial charge on any atom is -0.368 e. The van der Waals surface area contributed by atoms with Crippen molar-refractivity contribution in [1.82, 2.24) is 0 Å². The van der Waals surface area contributed by atoms with Crippen molar-refractivity contribution in [3.05, 3.63) is 32.3 Å². The fraction of sp³-hybridized carbons (Fsp3) is 0.538. The molecule has 0 N–H and O–H groups in total. The summed E-state index contributed by atoms with van der Waals surface area (Å²) in [6.45, 7) is 5.18. The van der Waals surface area contributed by atoms with Crippen LogP contribution in [0.1, 0.15) is 31.7 Å². The molecule has 0 amide bonds. The van der Waals surface area contributed by atoms with Crippen molar-refractivity contribution >= 4 is 27.3 Å². The van der Waals surface area contributed by atoms with Crippen molar-refractivity contribution in [1.29, 1.82) is 0 Å². The van der Waals surface area contributed by atoms with Gasteiger partial charge in [-0.15, -0.1) is 0 Å². The first-order chi connectivity index (χ1) is 8.50. The lowest BCUT2D eigenvalue weighted by atomic mass is 10.0. The van der Waals surface area contributed by atoms with E-state index in [9.17, 15) is 10.1 Å². The summed E-state index contributed by atoms with van der Waals surface area (Å²) < 4.78 is 0.822. The molecule has 1 aromatic carbocycles. The van der Waals surface area contributed by atoms with Gasteiger partial charge in [-0.2, -0.15) is 0 Å². The molecule has 5 heteroatoms. The molecule has 0 spiro atoms. The van der Waals surface area contributed by atoms with Gasteiger partial charge in [0.25, 0.3) is 5.69 Å². The molecule has 0 aliphatic carbocycles. The number of rotatable bonds is 2. The van der Waals surface area contributed by atoms with Gasteiger partial charge in [0.05, 0.1) is 10.6 Å². The van der Waals surface area contributed by atoms with E-state index in [4.69, 9.17) is 0 Å². The van der Waals surface area contributed by atoms with Gasteiger partial charge in [0.2, 0.25) is 0 Å². The van der Waals surface area contributed by atoms with Gasteiger partial charge >= 0.3 is 0 Å². The van der Waals surface area contributed by atoms with E-state index in [0.717, 1.165) is 22.3 Å². The zero-order valence-electron chi connectivity index (χ0n) is 10.6. The van der Waals surface area contributed by atoms with Crippen molar-refractivity contribution < 1.29 is 4.92 Å². The van der Waals surface area contributed by atoms with Crippen LogP contribution in [-0.4, -0.2) is 17.5 Å². The molecule has 1 aliphatic heterocycles. The Balaban J connectivity index is 2.41. The molecule has 0 radical (unpaired) electrons. The molecule has 1 aromatic rings. The second-order valence-corrected chi connectivity index (χ2v) is 5.74. The average Bonchev–Trinajstić information content (AvgIpc) is 2.30. The number of nitrogens with zero attached hydrogens (tertiary/aromatic N) is 2. The summed E-state index contributed by atoms with van der Waals surface area (Å²) in [6, 6.07) is 3.75. The van der Waals surface area contributed by atoms with Crippen molar-refractivity contribution in [2.45, 2.75) is 39.2 Å². The van der Waals surface area contributed by atoms with E-state index in [2.05, 4.69) is 27.8 Å². The van der Waals surface area contributed by atoms with Crippen LogP contribution in [0.4, 0.5) is 11.4 Å². The highest BCUT2D eigenvalue weighted by Crippen LogP contribution is 2.37. The SMILES string of the molecule is Cc1cc([N+](=O)[O-])cc(Br)c1N1CCCC[C@@H]1C. The van der Waals surface area contributed by atoms with E-state index < -0.39 is 0 Å². The second-order valence-electron chi connectivity index (χ2n) is 4.89. The highest BCUT2D eigenvalue weighted by Gasteiger charge is 2.23. The van der Waals surface area contributed by atoms with Gasteiger partial charge in [-0.25, -0.2) is 0 Å². The van der Waals surface area contributed by atoms with E-state index in [1.165, 1.54) is 19.3 Å². The fourth-order valence-corrected chi connectivity index (χ4v) is 3.39. The Morgan fingerprint density at radius 2 is 2.17 bits per heavy atom. The van der Waals surface area contributed by atoms with Gasteiger partial charge in [0.1, 0.15) is 0 Å². The zero-order valence-corrected chi connectivity index (χ0v) is 12.2. The minimum absolute atomic E-state index is 0.146. The van der Waals surface area contributed by atoms with Gasteiger partial charge in [-0.3, -0.25) is 10.1 Å². The molecular formula is C13H17BrN2O2. The zero-order chi connectivity index (χ0) is 13.3. The summed E-state index contributed by atoms with van der Waals surface area (Å²) in [7, 11) is 0. The van der Waals surface area contributed by atoms with Crippen LogP contribution in [0.3, 0.4) is 0 Å². The molecule has 1 heterocycles. The van der Waals surface area contributed by atoms with E-state index >= 15 is 0 Å². The molecule has 18 heavy (non-hydrogen) atoms. The molecule has 0 bridgehead atoms. The van der Waals surface area contributed by atoms with Crippen LogP contribution in [0.15, 0.2) is 16.6 Å². The first kappa shape index (κ1) is 13.3. The molecule has 4 nitrogen and oxygen atoms in total. The summed E-state index contributed by atoms with van der Waals surface area (Å²) in [5, 5.41) is 10.8. The van der Waals surface area contributed by atoms with E-state index in [1.54, 1.807) is 12.1 Å². The largest absolute Gasteiger partial charge is 0.368 e. The molecular weight excluding hydrogens is 296 g/mol. The Hall–Kier alpha value is -1.10. The van der Waals surface area contributed by atoms with Gasteiger partial charge in [0.15, 0.2) is 0 Å². The number of halogens is 1. The Labute approximate surface area is 115 Å². The van der Waals surface area contributed by atoms with Crippen molar-refractivity contribution in [2.24, 2.45) is 0 Å². The molecule has 0 saturated carbocycles. The van der Waals surface area contributed by atoms with Crippen molar-refractivity contribution in [3.8, 4) is 0 Å². The maximum absolute atomic E-state index is 10.8. The summed E-state index contributed by atoms with van der Waals surface area (Å²) in [6.07, 6.45) is 3.64. The van der Waals surface area contributed by atoms with Crippen molar-refractivity contribution in [3.63, 3.8) is 0 Å². The molecule has 1 atom stereocenters. The van der Waals surface area contributed by atoms with Gasteiger partial charge in [0, 0.05) is 29.2 Å². The number of aryl methyl sites for hydroxylation is 1. The highest BCUT2D eigenvalue weighted by molar-refractivity contribution is 9.10. The number of non-ortho nitro benzene ring substituents is 1. The van der Waals surface area contributed by atoms with Gasteiger partial charge in [-0.05, 0) is 54.6 Å². The maximum atomic E-state index is 10.8. The standard InChI is InChI=1S/C13H17BrN2O2/c1-9-7-11(16(17)18)8-12(14)13(9)15-6-4-3-5-10(15)2/h7-8,10H,3-6H2,1-2H3/t10-/m0/s1. The van der Waals surface area contributed by atoms with Crippen molar-refractivity contribution in [2.75, 3.05) is 11.4 Å².